The van der Waals surface area contributed by atoms with Crippen LogP contribution in [-0.2, 0) is 15.8 Å². The highest BCUT2D eigenvalue weighted by molar-refractivity contribution is 7.98. The van der Waals surface area contributed by atoms with Crippen LogP contribution in [0.2, 0.25) is 0 Å². The quantitative estimate of drug-likeness (QED) is 0.647. The lowest BCUT2D eigenvalue weighted by molar-refractivity contribution is 0.601. The molecular weight excluding hydrogens is 338 g/mol. The summed E-state index contributed by atoms with van der Waals surface area (Å²) in [5, 5.41) is 0. The van der Waals surface area contributed by atoms with Crippen molar-refractivity contribution in [2.24, 2.45) is 0 Å². The Hall–Kier alpha value is -2.24. The fourth-order valence-corrected chi connectivity index (χ4v) is 4.19. The molecule has 0 aliphatic rings. The highest BCUT2D eigenvalue weighted by atomic mass is 32.2. The zero-order chi connectivity index (χ0) is 16.8. The first-order chi connectivity index (χ1) is 11.6. The van der Waals surface area contributed by atoms with Gasteiger partial charge in [-0.3, -0.25) is 4.72 Å². The molecule has 5 heteroatoms. The number of sulfonamides is 1. The number of hydrogen-bond acceptors (Lipinski definition) is 3. The van der Waals surface area contributed by atoms with Gasteiger partial charge in [0.2, 0.25) is 0 Å². The van der Waals surface area contributed by atoms with Gasteiger partial charge in [0.05, 0.1) is 4.90 Å². The Labute approximate surface area is 146 Å². The molecule has 0 aliphatic carbocycles. The molecule has 0 spiro atoms. The largest absolute Gasteiger partial charge is 0.280 e. The van der Waals surface area contributed by atoms with Gasteiger partial charge in [-0.15, -0.1) is 11.8 Å². The van der Waals surface area contributed by atoms with Crippen molar-refractivity contribution in [3.8, 4) is 0 Å². The topological polar surface area (TPSA) is 46.2 Å². The summed E-state index contributed by atoms with van der Waals surface area (Å²) in [7, 11) is -3.56. The van der Waals surface area contributed by atoms with Crippen LogP contribution in [0, 0.1) is 0 Å². The van der Waals surface area contributed by atoms with Crippen LogP contribution in [0.15, 0.2) is 94.7 Å². The van der Waals surface area contributed by atoms with E-state index in [-0.39, 0.29) is 4.90 Å². The standard InChI is InChI=1S/C19H17NO2S2/c21-24(22,19-12-5-2-6-13-19)20-17-10-7-11-18(14-17)23-15-16-8-3-1-4-9-16/h1-14,20H,15H2. The molecule has 3 nitrogen and oxygen atoms in total. The van der Waals surface area contributed by atoms with Gasteiger partial charge in [-0.1, -0.05) is 54.6 Å². The van der Waals surface area contributed by atoms with Crippen molar-refractivity contribution in [2.75, 3.05) is 4.72 Å². The van der Waals surface area contributed by atoms with E-state index in [0.717, 1.165) is 10.6 Å². The van der Waals surface area contributed by atoms with Crippen molar-refractivity contribution in [3.05, 3.63) is 90.5 Å². The zero-order valence-corrected chi connectivity index (χ0v) is 14.6. The van der Waals surface area contributed by atoms with Gasteiger partial charge in [0.25, 0.3) is 10.0 Å². The second-order valence-corrected chi connectivity index (χ2v) is 7.95. The molecule has 3 aromatic carbocycles. The summed E-state index contributed by atoms with van der Waals surface area (Å²) in [5.41, 5.74) is 1.80. The summed E-state index contributed by atoms with van der Waals surface area (Å²) >= 11 is 1.67. The van der Waals surface area contributed by atoms with Crippen LogP contribution >= 0.6 is 11.8 Å². The molecule has 0 amide bonds. The Morgan fingerprint density at radius 2 is 1.46 bits per heavy atom. The minimum Gasteiger partial charge on any atom is -0.280 e. The van der Waals surface area contributed by atoms with Gasteiger partial charge in [0.15, 0.2) is 0 Å². The van der Waals surface area contributed by atoms with E-state index in [0.29, 0.717) is 5.69 Å². The van der Waals surface area contributed by atoms with E-state index >= 15 is 0 Å². The number of benzene rings is 3. The highest BCUT2D eigenvalue weighted by Gasteiger charge is 2.13. The molecule has 0 bridgehead atoms. The van der Waals surface area contributed by atoms with Gasteiger partial charge in [0.1, 0.15) is 0 Å². The molecule has 0 saturated carbocycles. The maximum atomic E-state index is 12.4. The van der Waals surface area contributed by atoms with E-state index in [1.165, 1.54) is 5.56 Å². The Bertz CT molecular complexity index is 895. The molecule has 0 unspecified atom stereocenters. The number of hydrogen-bond donors (Lipinski definition) is 1. The van der Waals surface area contributed by atoms with Crippen molar-refractivity contribution < 1.29 is 8.42 Å². The van der Waals surface area contributed by atoms with Crippen molar-refractivity contribution >= 4 is 27.5 Å². The number of rotatable bonds is 6. The van der Waals surface area contributed by atoms with Gasteiger partial charge in [-0.05, 0) is 35.9 Å². The Morgan fingerprint density at radius 1 is 0.792 bits per heavy atom. The van der Waals surface area contributed by atoms with Gasteiger partial charge in [-0.2, -0.15) is 0 Å². The lowest BCUT2D eigenvalue weighted by atomic mass is 10.2. The predicted octanol–water partition coefficient (Wildman–Crippen LogP) is 4.78. The molecule has 24 heavy (non-hydrogen) atoms. The van der Waals surface area contributed by atoms with Crippen LogP contribution in [-0.4, -0.2) is 8.42 Å². The first kappa shape index (κ1) is 16.6. The third-order valence-corrected chi connectivity index (χ3v) is 5.85. The summed E-state index contributed by atoms with van der Waals surface area (Å²) in [6.07, 6.45) is 0. The van der Waals surface area contributed by atoms with Crippen LogP contribution in [0.4, 0.5) is 5.69 Å². The van der Waals surface area contributed by atoms with Crippen LogP contribution in [0.1, 0.15) is 5.56 Å². The third kappa shape index (κ3) is 4.40. The maximum absolute atomic E-state index is 12.4. The zero-order valence-electron chi connectivity index (χ0n) is 12.9. The van der Waals surface area contributed by atoms with Crippen molar-refractivity contribution in [1.82, 2.24) is 0 Å². The molecule has 0 heterocycles. The van der Waals surface area contributed by atoms with Crippen LogP contribution < -0.4 is 4.72 Å². The van der Waals surface area contributed by atoms with Crippen LogP contribution in [0.3, 0.4) is 0 Å². The van der Waals surface area contributed by atoms with E-state index in [1.54, 1.807) is 48.2 Å². The smallest absolute Gasteiger partial charge is 0.261 e. The fourth-order valence-electron chi connectivity index (χ4n) is 2.20. The number of thioether (sulfide) groups is 1. The fraction of sp³-hybridized carbons (Fsp3) is 0.0526. The SMILES string of the molecule is O=S(=O)(Nc1cccc(SCc2ccccc2)c1)c1ccccc1. The molecule has 0 aliphatic heterocycles. The van der Waals surface area contributed by atoms with E-state index in [4.69, 9.17) is 0 Å². The van der Waals surface area contributed by atoms with E-state index in [2.05, 4.69) is 16.9 Å². The van der Waals surface area contributed by atoms with E-state index < -0.39 is 10.0 Å². The predicted molar refractivity (Wildman–Crippen MR) is 99.7 cm³/mol. The minimum atomic E-state index is -3.56. The molecule has 0 fully saturated rings. The van der Waals surface area contributed by atoms with Crippen molar-refractivity contribution in [2.45, 2.75) is 15.5 Å². The molecule has 3 aromatic rings. The first-order valence-electron chi connectivity index (χ1n) is 7.48. The Morgan fingerprint density at radius 3 is 2.17 bits per heavy atom. The minimum absolute atomic E-state index is 0.257. The first-order valence-corrected chi connectivity index (χ1v) is 9.95. The van der Waals surface area contributed by atoms with Crippen molar-refractivity contribution in [3.63, 3.8) is 0 Å². The lowest BCUT2D eigenvalue weighted by Crippen LogP contribution is -2.12. The molecule has 0 saturated heterocycles. The molecule has 0 radical (unpaired) electrons. The summed E-state index contributed by atoms with van der Waals surface area (Å²) in [5.74, 6) is 0.843. The van der Waals surface area contributed by atoms with Gasteiger partial charge >= 0.3 is 0 Å². The molecular formula is C19H17NO2S2. The Balaban J connectivity index is 1.71. The monoisotopic (exact) mass is 355 g/mol. The van der Waals surface area contributed by atoms with E-state index in [9.17, 15) is 8.42 Å². The molecule has 1 N–H and O–H groups in total. The van der Waals surface area contributed by atoms with Crippen molar-refractivity contribution in [1.29, 1.82) is 0 Å². The lowest BCUT2D eigenvalue weighted by Gasteiger charge is -2.09. The second kappa shape index (κ2) is 7.55. The van der Waals surface area contributed by atoms with E-state index in [1.807, 2.05) is 36.4 Å². The van der Waals surface area contributed by atoms with Crippen LogP contribution in [0.5, 0.6) is 0 Å². The summed E-state index contributed by atoms with van der Waals surface area (Å²) in [6.45, 7) is 0. The molecule has 3 rings (SSSR count). The highest BCUT2D eigenvalue weighted by Crippen LogP contribution is 2.26. The molecule has 0 atom stereocenters. The second-order valence-electron chi connectivity index (χ2n) is 5.22. The van der Waals surface area contributed by atoms with Crippen LogP contribution in [0.25, 0.3) is 0 Å². The third-order valence-electron chi connectivity index (χ3n) is 3.39. The number of nitrogens with one attached hydrogen (secondary N) is 1. The normalized spacial score (nSPS) is 11.2. The summed E-state index contributed by atoms with van der Waals surface area (Å²) in [6, 6.07) is 26.0. The molecule has 0 aromatic heterocycles. The summed E-state index contributed by atoms with van der Waals surface area (Å²) in [4.78, 5) is 1.28. The molecule has 122 valence electrons. The average molecular weight is 355 g/mol. The Kier molecular flexibility index (Phi) is 5.23. The van der Waals surface area contributed by atoms with Gasteiger partial charge in [-0.25, -0.2) is 8.42 Å². The number of anilines is 1. The average Bonchev–Trinajstić information content (AvgIpc) is 2.62. The van der Waals surface area contributed by atoms with Gasteiger partial charge in [0, 0.05) is 16.3 Å². The maximum Gasteiger partial charge on any atom is 0.261 e. The summed E-state index contributed by atoms with van der Waals surface area (Å²) < 4.78 is 27.4. The van der Waals surface area contributed by atoms with Gasteiger partial charge < -0.3 is 0 Å².